The van der Waals surface area contributed by atoms with Gasteiger partial charge in [-0.25, -0.2) is 4.98 Å². The minimum absolute atomic E-state index is 0.0279. The van der Waals surface area contributed by atoms with E-state index in [4.69, 9.17) is 20.8 Å². The van der Waals surface area contributed by atoms with Crippen LogP contribution in [-0.4, -0.2) is 27.6 Å². The van der Waals surface area contributed by atoms with E-state index in [0.717, 1.165) is 5.39 Å². The van der Waals surface area contributed by atoms with Gasteiger partial charge in [0.05, 0.1) is 23.7 Å². The molecule has 0 saturated heterocycles. The van der Waals surface area contributed by atoms with E-state index < -0.39 is 0 Å². The van der Waals surface area contributed by atoms with E-state index in [1.54, 1.807) is 54.6 Å². The number of hydrogen-bond acceptors (Lipinski definition) is 6. The van der Waals surface area contributed by atoms with Crippen LogP contribution in [0.15, 0.2) is 81.0 Å². The number of phenolic OH excluding ortho intramolecular Hbond substituents is 1. The minimum Gasteiger partial charge on any atom is -0.504 e. The van der Waals surface area contributed by atoms with Gasteiger partial charge in [0.1, 0.15) is 5.58 Å². The highest BCUT2D eigenvalue weighted by Gasteiger charge is 2.16. The summed E-state index contributed by atoms with van der Waals surface area (Å²) in [6.07, 6.45) is 1.50. The van der Waals surface area contributed by atoms with Gasteiger partial charge in [0.25, 0.3) is 5.56 Å². The molecule has 1 N–H and O–H groups in total. The molecule has 0 aliphatic heterocycles. The number of ether oxygens (including phenoxy) is 1. The first-order valence-electron chi connectivity index (χ1n) is 10.2. The van der Waals surface area contributed by atoms with Crippen molar-refractivity contribution in [2.45, 2.75) is 6.92 Å². The number of benzene rings is 3. The largest absolute Gasteiger partial charge is 0.504 e. The topological polar surface area (TPSA) is 89.9 Å². The second-order valence-corrected chi connectivity index (χ2v) is 7.70. The maximum Gasteiger partial charge on any atom is 0.282 e. The molecular weight excluding hydrogens is 442 g/mol. The van der Waals surface area contributed by atoms with E-state index in [0.29, 0.717) is 45.2 Å². The lowest BCUT2D eigenvalue weighted by molar-refractivity contribution is 0.318. The van der Waals surface area contributed by atoms with Crippen LogP contribution in [0, 0.1) is 0 Å². The van der Waals surface area contributed by atoms with E-state index in [1.165, 1.54) is 17.0 Å². The van der Waals surface area contributed by atoms with Crippen LogP contribution in [0.25, 0.3) is 33.5 Å². The van der Waals surface area contributed by atoms with Crippen LogP contribution < -0.4 is 10.3 Å². The SMILES string of the molecule is CCOc1cc(C=Nn2c(-c3cc4cc(Cl)ccc4o3)nc3ccccc3c2=O)ccc1O. The van der Waals surface area contributed by atoms with Crippen molar-refractivity contribution < 1.29 is 14.3 Å². The average Bonchev–Trinajstić information content (AvgIpc) is 3.23. The number of aromatic nitrogens is 2. The summed E-state index contributed by atoms with van der Waals surface area (Å²) in [4.78, 5) is 18.0. The molecule has 8 heteroatoms. The maximum atomic E-state index is 13.3. The number of furan rings is 1. The van der Waals surface area contributed by atoms with Gasteiger partial charge in [0, 0.05) is 10.4 Å². The molecule has 0 amide bonds. The number of aromatic hydroxyl groups is 1. The molecule has 0 aliphatic rings. The number of halogens is 1. The third kappa shape index (κ3) is 3.94. The van der Waals surface area contributed by atoms with Gasteiger partial charge in [-0.2, -0.15) is 9.78 Å². The molecule has 7 nitrogen and oxygen atoms in total. The second-order valence-electron chi connectivity index (χ2n) is 7.27. The second kappa shape index (κ2) is 8.44. The summed E-state index contributed by atoms with van der Waals surface area (Å²) in [7, 11) is 0. The van der Waals surface area contributed by atoms with Crippen molar-refractivity contribution >= 4 is 39.7 Å². The van der Waals surface area contributed by atoms with Crippen LogP contribution in [0.4, 0.5) is 0 Å². The highest BCUT2D eigenvalue weighted by atomic mass is 35.5. The quantitative estimate of drug-likeness (QED) is 0.353. The van der Waals surface area contributed by atoms with E-state index in [9.17, 15) is 9.90 Å². The van der Waals surface area contributed by atoms with Gasteiger partial charge in [-0.15, -0.1) is 0 Å². The first-order chi connectivity index (χ1) is 16.0. The van der Waals surface area contributed by atoms with Gasteiger partial charge in [-0.1, -0.05) is 23.7 Å². The molecule has 0 bridgehead atoms. The van der Waals surface area contributed by atoms with Gasteiger partial charge in [0.15, 0.2) is 17.3 Å². The van der Waals surface area contributed by atoms with Crippen LogP contribution in [0.1, 0.15) is 12.5 Å². The number of rotatable bonds is 5. The molecule has 5 aromatic rings. The molecule has 2 heterocycles. The highest BCUT2D eigenvalue weighted by Crippen LogP contribution is 2.29. The average molecular weight is 460 g/mol. The van der Waals surface area contributed by atoms with Crippen molar-refractivity contribution in [2.75, 3.05) is 6.61 Å². The predicted molar refractivity (Wildman–Crippen MR) is 128 cm³/mol. The Balaban J connectivity index is 1.68. The first-order valence-corrected chi connectivity index (χ1v) is 10.6. The molecule has 164 valence electrons. The Bertz CT molecular complexity index is 1590. The summed E-state index contributed by atoms with van der Waals surface area (Å²) in [5, 5.41) is 16.1. The Morgan fingerprint density at radius 3 is 2.85 bits per heavy atom. The third-order valence-corrected chi connectivity index (χ3v) is 5.29. The predicted octanol–water partition coefficient (Wildman–Crippen LogP) is 5.45. The van der Waals surface area contributed by atoms with Crippen LogP contribution >= 0.6 is 11.6 Å². The summed E-state index contributed by atoms with van der Waals surface area (Å²) >= 11 is 6.11. The zero-order chi connectivity index (χ0) is 22.9. The monoisotopic (exact) mass is 459 g/mol. The minimum atomic E-state index is -0.339. The maximum absolute atomic E-state index is 13.3. The number of nitrogens with zero attached hydrogens (tertiary/aromatic N) is 3. The number of phenols is 1. The van der Waals surface area contributed by atoms with Crippen molar-refractivity contribution in [2.24, 2.45) is 5.10 Å². The number of hydrogen-bond donors (Lipinski definition) is 1. The standard InChI is InChI=1S/C25H18ClN3O4/c1-2-32-22-11-15(7-9-20(22)30)14-27-29-24(28-19-6-4-3-5-18(19)25(29)31)23-13-16-12-17(26)8-10-21(16)33-23/h3-14,30H,2H2,1H3. The van der Waals surface area contributed by atoms with E-state index >= 15 is 0 Å². The number of para-hydroxylation sites is 1. The zero-order valence-electron chi connectivity index (χ0n) is 17.5. The van der Waals surface area contributed by atoms with Crippen LogP contribution in [0.2, 0.25) is 5.02 Å². The molecule has 0 saturated carbocycles. The van der Waals surface area contributed by atoms with Gasteiger partial charge in [-0.3, -0.25) is 4.79 Å². The lowest BCUT2D eigenvalue weighted by Gasteiger charge is -2.08. The number of fused-ring (bicyclic) bond motifs is 2. The van der Waals surface area contributed by atoms with E-state index in [1.807, 2.05) is 13.0 Å². The van der Waals surface area contributed by atoms with Gasteiger partial charge in [-0.05, 0) is 67.1 Å². The molecule has 0 atom stereocenters. The molecule has 5 rings (SSSR count). The van der Waals surface area contributed by atoms with Crippen molar-refractivity contribution in [3.63, 3.8) is 0 Å². The van der Waals surface area contributed by atoms with Crippen molar-refractivity contribution in [1.82, 2.24) is 9.66 Å². The van der Waals surface area contributed by atoms with Gasteiger partial charge >= 0.3 is 0 Å². The smallest absolute Gasteiger partial charge is 0.282 e. The Morgan fingerprint density at radius 2 is 2.00 bits per heavy atom. The van der Waals surface area contributed by atoms with Gasteiger partial charge < -0.3 is 14.3 Å². The van der Waals surface area contributed by atoms with Crippen molar-refractivity contribution in [1.29, 1.82) is 0 Å². The highest BCUT2D eigenvalue weighted by molar-refractivity contribution is 6.31. The molecule has 0 fully saturated rings. The molecule has 33 heavy (non-hydrogen) atoms. The molecule has 2 aromatic heterocycles. The molecule has 0 unspecified atom stereocenters. The van der Waals surface area contributed by atoms with Crippen molar-refractivity contribution in [3.05, 3.63) is 87.7 Å². The molecular formula is C25H18ClN3O4. The normalized spacial score (nSPS) is 11.6. The van der Waals surface area contributed by atoms with E-state index in [2.05, 4.69) is 10.1 Å². The summed E-state index contributed by atoms with van der Waals surface area (Å²) < 4.78 is 12.6. The Morgan fingerprint density at radius 1 is 1.15 bits per heavy atom. The van der Waals surface area contributed by atoms with Crippen LogP contribution in [-0.2, 0) is 0 Å². The summed E-state index contributed by atoms with van der Waals surface area (Å²) in [5.74, 6) is 0.999. The van der Waals surface area contributed by atoms with Crippen LogP contribution in [0.3, 0.4) is 0 Å². The third-order valence-electron chi connectivity index (χ3n) is 5.06. The molecule has 0 radical (unpaired) electrons. The van der Waals surface area contributed by atoms with Gasteiger partial charge in [0.2, 0.25) is 5.82 Å². The fourth-order valence-electron chi connectivity index (χ4n) is 3.52. The molecule has 0 spiro atoms. The lowest BCUT2D eigenvalue weighted by Crippen LogP contribution is -2.20. The Kier molecular flexibility index (Phi) is 5.32. The summed E-state index contributed by atoms with van der Waals surface area (Å²) in [6, 6.07) is 18.9. The Labute approximate surface area is 193 Å². The molecule has 3 aromatic carbocycles. The van der Waals surface area contributed by atoms with E-state index in [-0.39, 0.29) is 17.1 Å². The Hall–Kier alpha value is -4.10. The fraction of sp³-hybridized carbons (Fsp3) is 0.0800. The van der Waals surface area contributed by atoms with Crippen molar-refractivity contribution in [3.8, 4) is 23.1 Å². The lowest BCUT2D eigenvalue weighted by atomic mass is 10.2. The fourth-order valence-corrected chi connectivity index (χ4v) is 3.70. The summed E-state index contributed by atoms with van der Waals surface area (Å²) in [6.45, 7) is 2.23. The van der Waals surface area contributed by atoms with Crippen LogP contribution in [0.5, 0.6) is 11.5 Å². The summed E-state index contributed by atoms with van der Waals surface area (Å²) in [5.41, 5.74) is 1.45. The first kappa shape index (κ1) is 20.8. The molecule has 0 aliphatic carbocycles. The zero-order valence-corrected chi connectivity index (χ0v) is 18.3.